The van der Waals surface area contributed by atoms with Gasteiger partial charge in [-0.3, -0.25) is 5.10 Å². The number of hydrogen-bond donors (Lipinski definition) is 1. The first kappa shape index (κ1) is 12.4. The van der Waals surface area contributed by atoms with E-state index in [4.69, 9.17) is 12.2 Å². The Labute approximate surface area is 96.9 Å². The van der Waals surface area contributed by atoms with Crippen molar-refractivity contribution in [1.29, 1.82) is 0 Å². The SMILES string of the molecule is CC(C)CCCn1c(C(C)C)n[nH]c1=S. The van der Waals surface area contributed by atoms with Crippen LogP contribution in [0.3, 0.4) is 0 Å². The molecular formula is C11H21N3S. The van der Waals surface area contributed by atoms with Crippen LogP contribution >= 0.6 is 12.2 Å². The molecule has 0 fully saturated rings. The van der Waals surface area contributed by atoms with Gasteiger partial charge in [-0.2, -0.15) is 5.10 Å². The van der Waals surface area contributed by atoms with Crippen molar-refractivity contribution in [2.45, 2.75) is 53.0 Å². The van der Waals surface area contributed by atoms with Crippen LogP contribution < -0.4 is 0 Å². The second kappa shape index (κ2) is 5.45. The van der Waals surface area contributed by atoms with E-state index in [0.29, 0.717) is 5.92 Å². The lowest BCUT2D eigenvalue weighted by Crippen LogP contribution is -2.06. The highest BCUT2D eigenvalue weighted by atomic mass is 32.1. The molecular weight excluding hydrogens is 206 g/mol. The number of nitrogens with one attached hydrogen (secondary N) is 1. The van der Waals surface area contributed by atoms with Gasteiger partial charge < -0.3 is 4.57 Å². The van der Waals surface area contributed by atoms with E-state index in [0.717, 1.165) is 23.1 Å². The van der Waals surface area contributed by atoms with E-state index < -0.39 is 0 Å². The van der Waals surface area contributed by atoms with Crippen LogP contribution in [0.2, 0.25) is 0 Å². The summed E-state index contributed by atoms with van der Waals surface area (Å²) in [5.41, 5.74) is 0. The number of nitrogens with zero attached hydrogens (tertiary/aromatic N) is 2. The van der Waals surface area contributed by atoms with Crippen LogP contribution in [0.4, 0.5) is 0 Å². The molecule has 0 unspecified atom stereocenters. The molecule has 1 heterocycles. The van der Waals surface area contributed by atoms with E-state index in [1.165, 1.54) is 12.8 Å². The lowest BCUT2D eigenvalue weighted by Gasteiger charge is -2.09. The quantitative estimate of drug-likeness (QED) is 0.781. The molecule has 0 saturated heterocycles. The van der Waals surface area contributed by atoms with Crippen LogP contribution in [0.5, 0.6) is 0 Å². The summed E-state index contributed by atoms with van der Waals surface area (Å²) in [5, 5.41) is 7.13. The summed E-state index contributed by atoms with van der Waals surface area (Å²) in [6.07, 6.45) is 2.41. The van der Waals surface area contributed by atoms with Crippen molar-refractivity contribution in [3.63, 3.8) is 0 Å². The highest BCUT2D eigenvalue weighted by Gasteiger charge is 2.09. The van der Waals surface area contributed by atoms with Gasteiger partial charge in [-0.1, -0.05) is 27.7 Å². The molecule has 0 aromatic carbocycles. The molecule has 3 nitrogen and oxygen atoms in total. The van der Waals surface area contributed by atoms with Crippen molar-refractivity contribution in [2.75, 3.05) is 0 Å². The van der Waals surface area contributed by atoms with Crippen LogP contribution in [0.15, 0.2) is 0 Å². The maximum atomic E-state index is 5.22. The summed E-state index contributed by atoms with van der Waals surface area (Å²) < 4.78 is 2.88. The summed E-state index contributed by atoms with van der Waals surface area (Å²) >= 11 is 5.22. The van der Waals surface area contributed by atoms with E-state index in [1.807, 2.05) is 0 Å². The van der Waals surface area contributed by atoms with Crippen molar-refractivity contribution in [3.05, 3.63) is 10.6 Å². The first-order chi connectivity index (χ1) is 7.02. The summed E-state index contributed by atoms with van der Waals surface area (Å²) in [5.74, 6) is 2.26. The molecule has 0 spiro atoms. The zero-order valence-electron chi connectivity index (χ0n) is 10.1. The minimum absolute atomic E-state index is 0.428. The smallest absolute Gasteiger partial charge is 0.195 e. The number of rotatable bonds is 5. The fourth-order valence-electron chi connectivity index (χ4n) is 1.64. The van der Waals surface area contributed by atoms with Gasteiger partial charge in [-0.05, 0) is 31.0 Å². The highest BCUT2D eigenvalue weighted by molar-refractivity contribution is 7.71. The molecule has 0 aliphatic carbocycles. The van der Waals surface area contributed by atoms with E-state index in [-0.39, 0.29) is 0 Å². The Bertz CT molecular complexity index is 349. The Kier molecular flexibility index (Phi) is 4.51. The molecule has 0 aliphatic heterocycles. The molecule has 4 heteroatoms. The zero-order valence-corrected chi connectivity index (χ0v) is 10.9. The summed E-state index contributed by atoms with van der Waals surface area (Å²) in [6, 6.07) is 0. The van der Waals surface area contributed by atoms with Crippen molar-refractivity contribution in [2.24, 2.45) is 5.92 Å². The summed E-state index contributed by atoms with van der Waals surface area (Å²) in [6.45, 7) is 9.77. The summed E-state index contributed by atoms with van der Waals surface area (Å²) in [7, 11) is 0. The molecule has 1 aromatic rings. The lowest BCUT2D eigenvalue weighted by atomic mass is 10.1. The molecule has 1 aromatic heterocycles. The van der Waals surface area contributed by atoms with Crippen molar-refractivity contribution >= 4 is 12.2 Å². The Balaban J connectivity index is 2.67. The van der Waals surface area contributed by atoms with Crippen LogP contribution in [0, 0.1) is 10.7 Å². The van der Waals surface area contributed by atoms with Crippen LogP contribution in [0.25, 0.3) is 0 Å². The van der Waals surface area contributed by atoms with Crippen LogP contribution in [-0.4, -0.2) is 14.8 Å². The molecule has 0 atom stereocenters. The Hall–Kier alpha value is -0.640. The van der Waals surface area contributed by atoms with Gasteiger partial charge in [0.25, 0.3) is 0 Å². The largest absolute Gasteiger partial charge is 0.304 e. The third kappa shape index (κ3) is 3.45. The Morgan fingerprint density at radius 3 is 2.53 bits per heavy atom. The molecule has 1 N–H and O–H groups in total. The molecule has 0 saturated carbocycles. The summed E-state index contributed by atoms with van der Waals surface area (Å²) in [4.78, 5) is 0. The lowest BCUT2D eigenvalue weighted by molar-refractivity contribution is 0.496. The predicted molar refractivity (Wildman–Crippen MR) is 65.6 cm³/mol. The number of H-pyrrole nitrogens is 1. The first-order valence-corrected chi connectivity index (χ1v) is 6.08. The fraction of sp³-hybridized carbons (Fsp3) is 0.818. The molecule has 0 bridgehead atoms. The number of hydrogen-bond acceptors (Lipinski definition) is 2. The topological polar surface area (TPSA) is 33.6 Å². The molecule has 0 radical (unpaired) electrons. The second-order valence-corrected chi connectivity index (χ2v) is 5.12. The van der Waals surface area contributed by atoms with Gasteiger partial charge >= 0.3 is 0 Å². The first-order valence-electron chi connectivity index (χ1n) is 5.67. The van der Waals surface area contributed by atoms with Gasteiger partial charge in [0, 0.05) is 12.5 Å². The van der Waals surface area contributed by atoms with E-state index in [1.54, 1.807) is 0 Å². The van der Waals surface area contributed by atoms with Crippen molar-refractivity contribution in [1.82, 2.24) is 14.8 Å². The van der Waals surface area contributed by atoms with Gasteiger partial charge in [0.2, 0.25) is 0 Å². The number of aromatic amines is 1. The Morgan fingerprint density at radius 1 is 1.33 bits per heavy atom. The molecule has 15 heavy (non-hydrogen) atoms. The maximum Gasteiger partial charge on any atom is 0.195 e. The third-order valence-corrected chi connectivity index (χ3v) is 2.78. The minimum Gasteiger partial charge on any atom is -0.304 e. The maximum absolute atomic E-state index is 5.22. The van der Waals surface area contributed by atoms with Gasteiger partial charge in [0.05, 0.1) is 0 Å². The van der Waals surface area contributed by atoms with Gasteiger partial charge in [0.15, 0.2) is 4.77 Å². The van der Waals surface area contributed by atoms with E-state index in [9.17, 15) is 0 Å². The van der Waals surface area contributed by atoms with E-state index >= 15 is 0 Å². The average Bonchev–Trinajstić information content (AvgIpc) is 2.47. The Morgan fingerprint density at radius 2 is 2.00 bits per heavy atom. The highest BCUT2D eigenvalue weighted by Crippen LogP contribution is 2.13. The van der Waals surface area contributed by atoms with Crippen molar-refractivity contribution in [3.8, 4) is 0 Å². The van der Waals surface area contributed by atoms with E-state index in [2.05, 4.69) is 42.5 Å². The van der Waals surface area contributed by atoms with Gasteiger partial charge in [-0.25, -0.2) is 0 Å². The number of aromatic nitrogens is 3. The van der Waals surface area contributed by atoms with Gasteiger partial charge in [-0.15, -0.1) is 0 Å². The average molecular weight is 227 g/mol. The van der Waals surface area contributed by atoms with Crippen molar-refractivity contribution < 1.29 is 0 Å². The van der Waals surface area contributed by atoms with Gasteiger partial charge in [0.1, 0.15) is 5.82 Å². The normalized spacial score (nSPS) is 11.6. The van der Waals surface area contributed by atoms with Crippen LogP contribution in [-0.2, 0) is 6.54 Å². The third-order valence-electron chi connectivity index (χ3n) is 2.47. The predicted octanol–water partition coefficient (Wildman–Crippen LogP) is 3.50. The van der Waals surface area contributed by atoms with Crippen LogP contribution in [0.1, 0.15) is 52.3 Å². The fourth-order valence-corrected chi connectivity index (χ4v) is 1.87. The molecule has 0 amide bonds. The molecule has 1 rings (SSSR count). The standard InChI is InChI=1S/C11H21N3S/c1-8(2)6-5-7-14-10(9(3)4)12-13-11(14)15/h8-9H,5-7H2,1-4H3,(H,13,15). The second-order valence-electron chi connectivity index (χ2n) is 4.73. The molecule has 0 aliphatic rings. The monoisotopic (exact) mass is 227 g/mol. The zero-order chi connectivity index (χ0) is 11.4. The minimum atomic E-state index is 0.428. The molecule has 86 valence electrons.